The maximum atomic E-state index is 14.3. The molecule has 27 heavy (non-hydrogen) atoms. The highest BCUT2D eigenvalue weighted by Crippen LogP contribution is 2.22. The Hall–Kier alpha value is -3.00. The molecule has 0 aliphatic carbocycles. The number of alkyl halides is 1. The van der Waals surface area contributed by atoms with E-state index in [2.05, 4.69) is 15.0 Å². The standard InChI is InChI=1S/C19H19FN4O3/c1-26-13-2-3-15-16(8-13)23-18(22-15)11-27-17-10-24(9-14(17)20)19(25)12-4-6-21-7-5-12/h2-8,14,17H,9-11H2,1H3,(H,22,23). The SMILES string of the molecule is COc1ccc2nc(COC3CN(C(=O)c4ccncc4)CC3F)[nH]c2c1. The number of amides is 1. The van der Waals surface area contributed by atoms with Gasteiger partial charge in [0.15, 0.2) is 0 Å². The van der Waals surface area contributed by atoms with Crippen LogP contribution in [0.25, 0.3) is 11.0 Å². The number of aromatic amines is 1. The van der Waals surface area contributed by atoms with Gasteiger partial charge in [-0.15, -0.1) is 0 Å². The maximum Gasteiger partial charge on any atom is 0.254 e. The first-order chi connectivity index (χ1) is 13.1. The Labute approximate surface area is 155 Å². The van der Waals surface area contributed by atoms with Gasteiger partial charge >= 0.3 is 0 Å². The Kier molecular flexibility index (Phi) is 4.72. The van der Waals surface area contributed by atoms with E-state index in [1.54, 1.807) is 31.6 Å². The van der Waals surface area contributed by atoms with Gasteiger partial charge in [-0.3, -0.25) is 9.78 Å². The topological polar surface area (TPSA) is 80.3 Å². The number of ether oxygens (including phenoxy) is 2. The number of benzene rings is 1. The summed E-state index contributed by atoms with van der Waals surface area (Å²) >= 11 is 0. The molecule has 2 aromatic heterocycles. The molecule has 3 heterocycles. The lowest BCUT2D eigenvalue weighted by atomic mass is 10.2. The number of imidazole rings is 1. The summed E-state index contributed by atoms with van der Waals surface area (Å²) in [5.74, 6) is 1.11. The number of hydrogen-bond acceptors (Lipinski definition) is 5. The van der Waals surface area contributed by atoms with Crippen LogP contribution in [0.2, 0.25) is 0 Å². The number of hydrogen-bond donors (Lipinski definition) is 1. The molecule has 1 aliphatic heterocycles. The first kappa shape index (κ1) is 17.4. The lowest BCUT2D eigenvalue weighted by molar-refractivity contribution is 0.00887. The molecular weight excluding hydrogens is 351 g/mol. The molecule has 4 rings (SSSR count). The number of aromatic nitrogens is 3. The van der Waals surface area contributed by atoms with Crippen molar-refractivity contribution in [1.82, 2.24) is 19.9 Å². The summed E-state index contributed by atoms with van der Waals surface area (Å²) in [5.41, 5.74) is 2.10. The van der Waals surface area contributed by atoms with Gasteiger partial charge < -0.3 is 19.4 Å². The maximum absolute atomic E-state index is 14.3. The summed E-state index contributed by atoms with van der Waals surface area (Å²) in [4.78, 5) is 25.4. The summed E-state index contributed by atoms with van der Waals surface area (Å²) < 4.78 is 25.2. The van der Waals surface area contributed by atoms with Crippen LogP contribution in [-0.2, 0) is 11.3 Å². The molecule has 2 atom stereocenters. The van der Waals surface area contributed by atoms with Gasteiger partial charge in [0.1, 0.15) is 30.5 Å². The third kappa shape index (κ3) is 3.61. The molecule has 0 saturated carbocycles. The van der Waals surface area contributed by atoms with Gasteiger partial charge in [0.05, 0.1) is 31.2 Å². The van der Waals surface area contributed by atoms with Gasteiger partial charge in [0, 0.05) is 24.0 Å². The number of carbonyl (C=O) groups excluding carboxylic acids is 1. The molecule has 2 unspecified atom stereocenters. The Morgan fingerprint density at radius 2 is 2.11 bits per heavy atom. The fraction of sp³-hybridized carbons (Fsp3) is 0.316. The molecule has 1 fully saturated rings. The molecule has 1 aliphatic rings. The third-order valence-electron chi connectivity index (χ3n) is 4.59. The minimum absolute atomic E-state index is 0.0170. The number of nitrogens with one attached hydrogen (secondary N) is 1. The van der Waals surface area contributed by atoms with E-state index < -0.39 is 12.3 Å². The molecule has 0 bridgehead atoms. The van der Waals surface area contributed by atoms with Crippen molar-refractivity contribution in [2.75, 3.05) is 20.2 Å². The zero-order valence-corrected chi connectivity index (χ0v) is 14.8. The summed E-state index contributed by atoms with van der Waals surface area (Å²) in [6, 6.07) is 8.75. The third-order valence-corrected chi connectivity index (χ3v) is 4.59. The van der Waals surface area contributed by atoms with E-state index in [0.29, 0.717) is 11.4 Å². The van der Waals surface area contributed by atoms with Crippen molar-refractivity contribution in [3.63, 3.8) is 0 Å². The van der Waals surface area contributed by atoms with Gasteiger partial charge in [0.25, 0.3) is 5.91 Å². The minimum atomic E-state index is -1.24. The van der Waals surface area contributed by atoms with E-state index in [9.17, 15) is 9.18 Å². The summed E-state index contributed by atoms with van der Waals surface area (Å²) in [6.45, 7) is 0.360. The number of H-pyrrole nitrogens is 1. The van der Waals surface area contributed by atoms with Gasteiger partial charge in [-0.05, 0) is 24.3 Å². The Morgan fingerprint density at radius 1 is 1.30 bits per heavy atom. The highest BCUT2D eigenvalue weighted by molar-refractivity contribution is 5.94. The van der Waals surface area contributed by atoms with E-state index in [1.165, 1.54) is 4.90 Å². The van der Waals surface area contributed by atoms with Crippen LogP contribution in [0.4, 0.5) is 4.39 Å². The Bertz CT molecular complexity index is 947. The predicted octanol–water partition coefficient (Wildman–Crippen LogP) is 2.35. The zero-order chi connectivity index (χ0) is 18.8. The molecule has 3 aromatic rings. The van der Waals surface area contributed by atoms with Crippen molar-refractivity contribution in [2.24, 2.45) is 0 Å². The molecule has 1 amide bonds. The largest absolute Gasteiger partial charge is 0.497 e. The van der Waals surface area contributed by atoms with E-state index >= 15 is 0 Å². The Morgan fingerprint density at radius 3 is 2.89 bits per heavy atom. The van der Waals surface area contributed by atoms with Crippen LogP contribution in [0.3, 0.4) is 0 Å². The number of nitrogens with zero attached hydrogens (tertiary/aromatic N) is 3. The van der Waals surface area contributed by atoms with Gasteiger partial charge in [-0.1, -0.05) is 0 Å². The van der Waals surface area contributed by atoms with Crippen LogP contribution in [0, 0.1) is 0 Å². The number of methoxy groups -OCH3 is 1. The van der Waals surface area contributed by atoms with Crippen molar-refractivity contribution in [1.29, 1.82) is 0 Å². The highest BCUT2D eigenvalue weighted by Gasteiger charge is 2.36. The van der Waals surface area contributed by atoms with Crippen LogP contribution in [0.1, 0.15) is 16.2 Å². The predicted molar refractivity (Wildman–Crippen MR) is 96.3 cm³/mol. The minimum Gasteiger partial charge on any atom is -0.497 e. The van der Waals surface area contributed by atoms with Crippen molar-refractivity contribution >= 4 is 16.9 Å². The molecule has 7 nitrogen and oxygen atoms in total. The number of rotatable bonds is 5. The van der Waals surface area contributed by atoms with Crippen molar-refractivity contribution < 1.29 is 18.7 Å². The van der Waals surface area contributed by atoms with Gasteiger partial charge in [-0.25, -0.2) is 9.37 Å². The van der Waals surface area contributed by atoms with E-state index in [-0.39, 0.29) is 25.6 Å². The molecule has 0 spiro atoms. The van der Waals surface area contributed by atoms with Crippen LogP contribution in [-0.4, -0.2) is 58.2 Å². The van der Waals surface area contributed by atoms with Crippen molar-refractivity contribution in [3.8, 4) is 5.75 Å². The molecule has 0 radical (unpaired) electrons. The summed E-state index contributed by atoms with van der Waals surface area (Å²) in [6.07, 6.45) is 1.17. The van der Waals surface area contributed by atoms with Crippen LogP contribution >= 0.6 is 0 Å². The second kappa shape index (κ2) is 7.32. The molecule has 1 saturated heterocycles. The number of fused-ring (bicyclic) bond motifs is 1. The summed E-state index contributed by atoms with van der Waals surface area (Å²) in [5, 5.41) is 0. The molecule has 140 valence electrons. The lowest BCUT2D eigenvalue weighted by Gasteiger charge is -2.15. The smallest absolute Gasteiger partial charge is 0.254 e. The Balaban J connectivity index is 1.39. The monoisotopic (exact) mass is 370 g/mol. The van der Waals surface area contributed by atoms with Crippen molar-refractivity contribution in [3.05, 3.63) is 54.1 Å². The number of carbonyl (C=O) groups is 1. The quantitative estimate of drug-likeness (QED) is 0.746. The van der Waals surface area contributed by atoms with Crippen molar-refractivity contribution in [2.45, 2.75) is 18.9 Å². The second-order valence-electron chi connectivity index (χ2n) is 6.38. The number of likely N-dealkylation sites (tertiary alicyclic amines) is 1. The first-order valence-corrected chi connectivity index (χ1v) is 8.61. The van der Waals surface area contributed by atoms with E-state index in [1.807, 2.05) is 18.2 Å². The summed E-state index contributed by atoms with van der Waals surface area (Å²) in [7, 11) is 1.60. The fourth-order valence-corrected chi connectivity index (χ4v) is 3.16. The molecule has 1 N–H and O–H groups in total. The zero-order valence-electron chi connectivity index (χ0n) is 14.8. The normalized spacial score (nSPS) is 19.6. The average Bonchev–Trinajstić information content (AvgIpc) is 3.28. The molecule has 8 heteroatoms. The first-order valence-electron chi connectivity index (χ1n) is 8.61. The number of pyridine rings is 1. The average molecular weight is 370 g/mol. The highest BCUT2D eigenvalue weighted by atomic mass is 19.1. The van der Waals surface area contributed by atoms with Gasteiger partial charge in [-0.2, -0.15) is 0 Å². The fourth-order valence-electron chi connectivity index (χ4n) is 3.16. The van der Waals surface area contributed by atoms with Crippen LogP contribution in [0.15, 0.2) is 42.7 Å². The second-order valence-corrected chi connectivity index (χ2v) is 6.38. The number of halogens is 1. The van der Waals surface area contributed by atoms with E-state index in [4.69, 9.17) is 9.47 Å². The van der Waals surface area contributed by atoms with E-state index in [0.717, 1.165) is 16.8 Å². The lowest BCUT2D eigenvalue weighted by Crippen LogP contribution is -2.30. The van der Waals surface area contributed by atoms with Crippen LogP contribution in [0.5, 0.6) is 5.75 Å². The molecule has 1 aromatic carbocycles. The van der Waals surface area contributed by atoms with Crippen LogP contribution < -0.4 is 4.74 Å². The van der Waals surface area contributed by atoms with Gasteiger partial charge in [0.2, 0.25) is 0 Å². The molecular formula is C19H19FN4O3.